The van der Waals surface area contributed by atoms with Crippen molar-refractivity contribution >= 4 is 29.3 Å². The van der Waals surface area contributed by atoms with Gasteiger partial charge in [0.15, 0.2) is 17.2 Å². The predicted octanol–water partition coefficient (Wildman–Crippen LogP) is 4.68. The largest absolute Gasteiger partial charge is 0.495 e. The van der Waals surface area contributed by atoms with E-state index in [0.29, 0.717) is 16.5 Å². The van der Waals surface area contributed by atoms with Crippen LogP contribution in [0.1, 0.15) is 50.5 Å². The number of ether oxygens (including phenoxy) is 5. The van der Waals surface area contributed by atoms with Crippen molar-refractivity contribution in [3.8, 4) is 23.0 Å². The Balaban J connectivity index is 1.66. The van der Waals surface area contributed by atoms with Crippen molar-refractivity contribution in [2.45, 2.75) is 52.2 Å². The first kappa shape index (κ1) is 27.3. The zero-order chi connectivity index (χ0) is 26.4. The Morgan fingerprint density at radius 2 is 1.78 bits per heavy atom. The predicted molar refractivity (Wildman–Crippen MR) is 131 cm³/mol. The van der Waals surface area contributed by atoms with Crippen LogP contribution in [0.15, 0.2) is 30.5 Å². The Morgan fingerprint density at radius 3 is 2.39 bits per heavy atom. The van der Waals surface area contributed by atoms with Gasteiger partial charge in [-0.2, -0.15) is 0 Å². The molecule has 3 atom stereocenters. The van der Waals surface area contributed by atoms with Crippen molar-refractivity contribution in [2.75, 3.05) is 14.2 Å². The number of rotatable bonds is 12. The first-order valence-corrected chi connectivity index (χ1v) is 12.0. The molecule has 1 aliphatic carbocycles. The van der Waals surface area contributed by atoms with E-state index in [-0.39, 0.29) is 35.6 Å². The molecule has 0 bridgehead atoms. The van der Waals surface area contributed by atoms with Crippen LogP contribution in [0, 0.1) is 11.8 Å². The molecule has 0 unspecified atom stereocenters. The summed E-state index contributed by atoms with van der Waals surface area (Å²) in [5, 5.41) is 0.466. The number of benzene rings is 1. The van der Waals surface area contributed by atoms with Gasteiger partial charge in [-0.25, -0.2) is 4.98 Å². The van der Waals surface area contributed by atoms with E-state index in [1.54, 1.807) is 32.0 Å². The Morgan fingerprint density at radius 1 is 1.08 bits per heavy atom. The number of aromatic nitrogens is 1. The summed E-state index contributed by atoms with van der Waals surface area (Å²) in [6, 6.07) is 6.58. The number of halogens is 1. The fourth-order valence-corrected chi connectivity index (χ4v) is 3.92. The molecule has 3 rings (SSSR count). The van der Waals surface area contributed by atoms with Gasteiger partial charge in [-0.3, -0.25) is 14.4 Å². The third-order valence-electron chi connectivity index (χ3n) is 5.74. The molecule has 0 N–H and O–H groups in total. The first-order valence-electron chi connectivity index (χ1n) is 11.6. The number of Topliss-reactive ketones (excluding diaryl/α,β-unsaturated/α-hetero) is 1. The minimum Gasteiger partial charge on any atom is -0.495 e. The van der Waals surface area contributed by atoms with Gasteiger partial charge in [-0.05, 0) is 37.8 Å². The normalized spacial score (nSPS) is 15.3. The molecule has 0 amide bonds. The highest BCUT2D eigenvalue weighted by Gasteiger charge is 2.39. The maximum absolute atomic E-state index is 12.9. The molecule has 1 heterocycles. The van der Waals surface area contributed by atoms with Crippen LogP contribution < -0.4 is 18.9 Å². The Hall–Kier alpha value is -3.33. The highest BCUT2D eigenvalue weighted by molar-refractivity contribution is 6.32. The summed E-state index contributed by atoms with van der Waals surface area (Å²) in [7, 11) is 2.91. The molecule has 36 heavy (non-hydrogen) atoms. The zero-order valence-corrected chi connectivity index (χ0v) is 21.7. The average Bonchev–Trinajstić information content (AvgIpc) is 3.68. The van der Waals surface area contributed by atoms with E-state index in [4.69, 9.17) is 35.3 Å². The van der Waals surface area contributed by atoms with E-state index in [1.165, 1.54) is 33.4 Å². The third kappa shape index (κ3) is 6.87. The summed E-state index contributed by atoms with van der Waals surface area (Å²) in [6.45, 7) is 4.57. The lowest BCUT2D eigenvalue weighted by Crippen LogP contribution is -2.37. The van der Waals surface area contributed by atoms with Gasteiger partial charge in [0.2, 0.25) is 5.75 Å². The van der Waals surface area contributed by atoms with Crippen LogP contribution in [0.2, 0.25) is 5.02 Å². The molecule has 0 spiro atoms. The van der Waals surface area contributed by atoms with Crippen LogP contribution in [0.4, 0.5) is 0 Å². The topological polar surface area (TPSA) is 110 Å². The standard InChI is InChI=1S/C26H30ClNO8/c1-14(12-20(30)23-25(35-16(3)29)21(32-4)10-11-28-23)26(31)34-15(2)24(17-6-7-17)36-18-8-9-19(27)22(13-18)33-5/h8-11,13-15,17,24H,6-7,12H2,1-5H3/t14-,15+,24+/m1/s1. The summed E-state index contributed by atoms with van der Waals surface area (Å²) in [4.78, 5) is 41.3. The molecule has 2 aromatic rings. The van der Waals surface area contributed by atoms with Gasteiger partial charge >= 0.3 is 11.9 Å². The van der Waals surface area contributed by atoms with Crippen molar-refractivity contribution in [2.24, 2.45) is 11.8 Å². The lowest BCUT2D eigenvalue weighted by atomic mass is 10.0. The van der Waals surface area contributed by atoms with Crippen LogP contribution in [0.5, 0.6) is 23.0 Å². The minimum atomic E-state index is -0.770. The molecule has 194 valence electrons. The Kier molecular flexibility index (Phi) is 9.14. The molecule has 10 heteroatoms. The molecule has 1 fully saturated rings. The molecule has 1 aromatic carbocycles. The van der Waals surface area contributed by atoms with Gasteiger partial charge in [0, 0.05) is 31.7 Å². The van der Waals surface area contributed by atoms with Crippen LogP contribution in [-0.4, -0.2) is 49.1 Å². The van der Waals surface area contributed by atoms with Gasteiger partial charge in [0.05, 0.1) is 25.2 Å². The lowest BCUT2D eigenvalue weighted by molar-refractivity contribution is -0.157. The maximum Gasteiger partial charge on any atom is 0.309 e. The second-order valence-electron chi connectivity index (χ2n) is 8.67. The summed E-state index contributed by atoms with van der Waals surface area (Å²) in [5.74, 6) is -1.02. The maximum atomic E-state index is 12.9. The molecular weight excluding hydrogens is 490 g/mol. The number of pyridine rings is 1. The highest BCUT2D eigenvalue weighted by Crippen LogP contribution is 2.39. The highest BCUT2D eigenvalue weighted by atomic mass is 35.5. The van der Waals surface area contributed by atoms with Crippen LogP contribution in [0.3, 0.4) is 0 Å². The lowest BCUT2D eigenvalue weighted by Gasteiger charge is -2.26. The molecule has 1 aromatic heterocycles. The molecule has 0 saturated heterocycles. The fraction of sp³-hybridized carbons (Fsp3) is 0.462. The molecular formula is C26H30ClNO8. The van der Waals surface area contributed by atoms with Crippen LogP contribution >= 0.6 is 11.6 Å². The van der Waals surface area contributed by atoms with Crippen molar-refractivity contribution < 1.29 is 38.1 Å². The second kappa shape index (κ2) is 12.1. The van der Waals surface area contributed by atoms with Crippen molar-refractivity contribution in [3.05, 3.63) is 41.2 Å². The van der Waals surface area contributed by atoms with Crippen LogP contribution in [-0.2, 0) is 14.3 Å². The number of esters is 2. The molecule has 9 nitrogen and oxygen atoms in total. The summed E-state index contributed by atoms with van der Waals surface area (Å²) < 4.78 is 27.4. The Labute approximate surface area is 215 Å². The number of methoxy groups -OCH3 is 2. The number of nitrogens with zero attached hydrogens (tertiary/aromatic N) is 1. The number of carbonyl (C=O) groups excluding carboxylic acids is 3. The average molecular weight is 520 g/mol. The van der Waals surface area contributed by atoms with Gasteiger partial charge in [-0.1, -0.05) is 18.5 Å². The van der Waals surface area contributed by atoms with E-state index in [2.05, 4.69) is 4.98 Å². The van der Waals surface area contributed by atoms with E-state index >= 15 is 0 Å². The van der Waals surface area contributed by atoms with Crippen LogP contribution in [0.25, 0.3) is 0 Å². The van der Waals surface area contributed by atoms with Crippen molar-refractivity contribution in [1.29, 1.82) is 0 Å². The second-order valence-corrected chi connectivity index (χ2v) is 9.08. The van der Waals surface area contributed by atoms with Gasteiger partial charge in [0.25, 0.3) is 0 Å². The molecule has 0 radical (unpaired) electrons. The van der Waals surface area contributed by atoms with Gasteiger partial charge < -0.3 is 23.7 Å². The third-order valence-corrected chi connectivity index (χ3v) is 6.05. The number of ketones is 1. The molecule has 1 saturated carbocycles. The fourth-order valence-electron chi connectivity index (χ4n) is 3.73. The summed E-state index contributed by atoms with van der Waals surface area (Å²) in [5.41, 5.74) is -0.0897. The van der Waals surface area contributed by atoms with E-state index in [9.17, 15) is 14.4 Å². The van der Waals surface area contributed by atoms with Crippen molar-refractivity contribution in [3.63, 3.8) is 0 Å². The Bertz CT molecular complexity index is 1120. The van der Waals surface area contributed by atoms with Gasteiger partial charge in [0.1, 0.15) is 23.7 Å². The number of hydrogen-bond acceptors (Lipinski definition) is 9. The quantitative estimate of drug-likeness (QED) is 0.291. The summed E-state index contributed by atoms with van der Waals surface area (Å²) >= 11 is 6.10. The minimum absolute atomic E-state index is 0.0768. The van der Waals surface area contributed by atoms with E-state index in [0.717, 1.165) is 12.8 Å². The van der Waals surface area contributed by atoms with Gasteiger partial charge in [-0.15, -0.1) is 0 Å². The van der Waals surface area contributed by atoms with Crippen molar-refractivity contribution in [1.82, 2.24) is 4.98 Å². The molecule has 0 aliphatic heterocycles. The zero-order valence-electron chi connectivity index (χ0n) is 20.9. The smallest absolute Gasteiger partial charge is 0.309 e. The number of carbonyl (C=O) groups is 3. The summed E-state index contributed by atoms with van der Waals surface area (Å²) in [6.07, 6.45) is 2.18. The monoisotopic (exact) mass is 519 g/mol. The van der Waals surface area contributed by atoms with E-state index < -0.39 is 29.7 Å². The number of hydrogen-bond donors (Lipinski definition) is 0. The molecule has 1 aliphatic rings. The van der Waals surface area contributed by atoms with E-state index in [1.807, 2.05) is 0 Å². The SMILES string of the molecule is COc1cc(O[C@H](C2CC2)[C@H](C)OC(=O)[C@H](C)CC(=O)c2nccc(OC)c2OC(C)=O)ccc1Cl. The first-order chi connectivity index (χ1) is 17.1.